The Balaban J connectivity index is 2.05. The number of hydrogen-bond donors (Lipinski definition) is 2. The second-order valence-corrected chi connectivity index (χ2v) is 4.42. The summed E-state index contributed by atoms with van der Waals surface area (Å²) in [5.74, 6) is 0. The Morgan fingerprint density at radius 1 is 1.56 bits per heavy atom. The summed E-state index contributed by atoms with van der Waals surface area (Å²) in [6, 6.07) is 3.58. The normalized spacial score (nSPS) is 15.1. The molecule has 0 atom stereocenters. The van der Waals surface area contributed by atoms with Crippen molar-refractivity contribution in [2.45, 2.75) is 6.04 Å². The number of urea groups is 1. The van der Waals surface area contributed by atoms with Gasteiger partial charge in [-0.1, -0.05) is 11.6 Å². The van der Waals surface area contributed by atoms with Gasteiger partial charge in [-0.2, -0.15) is 0 Å². The van der Waals surface area contributed by atoms with E-state index in [9.17, 15) is 14.9 Å². The number of likely N-dealkylation sites (tertiary alicyclic amines) is 1. The Kier molecular flexibility index (Phi) is 3.35. The fraction of sp³-hybridized carbons (Fsp3) is 0.300. The van der Waals surface area contributed by atoms with Crippen molar-refractivity contribution in [1.29, 1.82) is 0 Å². The summed E-state index contributed by atoms with van der Waals surface area (Å²) in [6.07, 6.45) is 0. The Hall–Kier alpha value is -1.86. The maximum atomic E-state index is 11.7. The molecule has 18 heavy (non-hydrogen) atoms. The van der Waals surface area contributed by atoms with Crippen molar-refractivity contribution in [2.24, 2.45) is 5.73 Å². The van der Waals surface area contributed by atoms with Crippen molar-refractivity contribution in [3.05, 3.63) is 33.3 Å². The van der Waals surface area contributed by atoms with Gasteiger partial charge in [-0.25, -0.2) is 4.79 Å². The Bertz CT molecular complexity index is 502. The Morgan fingerprint density at radius 2 is 2.22 bits per heavy atom. The van der Waals surface area contributed by atoms with E-state index >= 15 is 0 Å². The van der Waals surface area contributed by atoms with E-state index in [0.29, 0.717) is 18.8 Å². The maximum absolute atomic E-state index is 11.7. The van der Waals surface area contributed by atoms with Crippen LogP contribution < -0.4 is 11.1 Å². The molecule has 1 fully saturated rings. The highest BCUT2D eigenvalue weighted by molar-refractivity contribution is 6.33. The molecule has 0 unspecified atom stereocenters. The summed E-state index contributed by atoms with van der Waals surface area (Å²) < 4.78 is 0. The standard InChI is InChI=1S/C10H11ClN4O3/c11-8-3-7(15(17)18)1-2-9(8)13-10(16)14-4-6(12)5-14/h1-3,6H,4-5,12H2,(H,13,16). The second-order valence-electron chi connectivity index (χ2n) is 4.02. The van der Waals surface area contributed by atoms with Crippen molar-refractivity contribution in [2.75, 3.05) is 18.4 Å². The van der Waals surface area contributed by atoms with Crippen LogP contribution >= 0.6 is 11.6 Å². The van der Waals surface area contributed by atoms with Crippen LogP contribution in [0.4, 0.5) is 16.2 Å². The van der Waals surface area contributed by atoms with E-state index in [-0.39, 0.29) is 22.8 Å². The van der Waals surface area contributed by atoms with Crippen LogP contribution in [-0.2, 0) is 0 Å². The minimum Gasteiger partial charge on any atom is -0.325 e. The third-order valence-corrected chi connectivity index (χ3v) is 2.91. The largest absolute Gasteiger partial charge is 0.325 e. The van der Waals surface area contributed by atoms with Crippen molar-refractivity contribution in [3.63, 3.8) is 0 Å². The van der Waals surface area contributed by atoms with Gasteiger partial charge in [-0.05, 0) is 6.07 Å². The predicted octanol–water partition coefficient (Wildman–Crippen LogP) is 1.42. The molecule has 1 aliphatic heterocycles. The molecule has 1 heterocycles. The average molecular weight is 271 g/mol. The number of nitro groups is 1. The molecule has 2 amide bonds. The monoisotopic (exact) mass is 270 g/mol. The first-order valence-corrected chi connectivity index (χ1v) is 5.60. The van der Waals surface area contributed by atoms with Crippen LogP contribution in [0.25, 0.3) is 0 Å². The van der Waals surface area contributed by atoms with Crippen molar-refractivity contribution in [1.82, 2.24) is 4.90 Å². The van der Waals surface area contributed by atoms with E-state index in [1.54, 1.807) is 0 Å². The minimum absolute atomic E-state index is 0.0167. The van der Waals surface area contributed by atoms with Crippen molar-refractivity contribution >= 4 is 29.0 Å². The highest BCUT2D eigenvalue weighted by Crippen LogP contribution is 2.27. The molecule has 0 aliphatic carbocycles. The van der Waals surface area contributed by atoms with Crippen LogP contribution in [0.3, 0.4) is 0 Å². The van der Waals surface area contributed by atoms with E-state index in [1.165, 1.54) is 23.1 Å². The van der Waals surface area contributed by atoms with Gasteiger partial charge in [0.05, 0.1) is 15.6 Å². The maximum Gasteiger partial charge on any atom is 0.321 e. The predicted molar refractivity (Wildman–Crippen MR) is 66.7 cm³/mol. The molecule has 1 saturated heterocycles. The number of nitrogens with one attached hydrogen (secondary N) is 1. The summed E-state index contributed by atoms with van der Waals surface area (Å²) in [7, 11) is 0. The van der Waals surface area contributed by atoms with Crippen LogP contribution in [0.2, 0.25) is 5.02 Å². The number of carbonyl (C=O) groups is 1. The molecular weight excluding hydrogens is 260 g/mol. The second kappa shape index (κ2) is 4.79. The fourth-order valence-corrected chi connectivity index (χ4v) is 1.81. The van der Waals surface area contributed by atoms with Gasteiger partial charge < -0.3 is 16.0 Å². The molecule has 96 valence electrons. The number of nitrogens with two attached hydrogens (primary N) is 1. The molecule has 0 spiro atoms. The number of benzene rings is 1. The molecule has 2 rings (SSSR count). The number of halogens is 1. The van der Waals surface area contributed by atoms with Gasteiger partial charge in [0.15, 0.2) is 0 Å². The molecule has 1 aromatic carbocycles. The lowest BCUT2D eigenvalue weighted by molar-refractivity contribution is -0.384. The number of rotatable bonds is 2. The van der Waals surface area contributed by atoms with Gasteiger partial charge in [0.25, 0.3) is 5.69 Å². The first-order chi connectivity index (χ1) is 8.47. The summed E-state index contributed by atoms with van der Waals surface area (Å²) in [4.78, 5) is 23.2. The summed E-state index contributed by atoms with van der Waals surface area (Å²) >= 11 is 5.85. The Morgan fingerprint density at radius 3 is 2.72 bits per heavy atom. The molecule has 1 aliphatic rings. The van der Waals surface area contributed by atoms with Gasteiger partial charge in [-0.15, -0.1) is 0 Å². The molecule has 0 bridgehead atoms. The van der Waals surface area contributed by atoms with E-state index in [2.05, 4.69) is 5.32 Å². The van der Waals surface area contributed by atoms with Crippen LogP contribution in [0.1, 0.15) is 0 Å². The molecule has 1 aromatic rings. The van der Waals surface area contributed by atoms with Crippen molar-refractivity contribution in [3.8, 4) is 0 Å². The lowest BCUT2D eigenvalue weighted by Crippen LogP contribution is -2.58. The third-order valence-electron chi connectivity index (χ3n) is 2.60. The van der Waals surface area contributed by atoms with Gasteiger partial charge in [0.2, 0.25) is 0 Å². The summed E-state index contributed by atoms with van der Waals surface area (Å²) in [6.45, 7) is 0.993. The van der Waals surface area contributed by atoms with Crippen LogP contribution in [0.5, 0.6) is 0 Å². The average Bonchev–Trinajstić information content (AvgIpc) is 2.27. The van der Waals surface area contributed by atoms with E-state index in [4.69, 9.17) is 17.3 Å². The summed E-state index contributed by atoms with van der Waals surface area (Å²) in [5.41, 5.74) is 5.78. The number of hydrogen-bond acceptors (Lipinski definition) is 4. The van der Waals surface area contributed by atoms with E-state index in [1.807, 2.05) is 0 Å². The van der Waals surface area contributed by atoms with Gasteiger partial charge in [-0.3, -0.25) is 10.1 Å². The van der Waals surface area contributed by atoms with E-state index in [0.717, 1.165) is 0 Å². The number of amides is 2. The highest BCUT2D eigenvalue weighted by atomic mass is 35.5. The number of nitro benzene ring substituents is 1. The number of non-ortho nitro benzene ring substituents is 1. The zero-order valence-electron chi connectivity index (χ0n) is 9.30. The lowest BCUT2D eigenvalue weighted by Gasteiger charge is -2.36. The zero-order valence-corrected chi connectivity index (χ0v) is 10.1. The number of anilines is 1. The highest BCUT2D eigenvalue weighted by Gasteiger charge is 2.27. The minimum atomic E-state index is -0.550. The molecule has 0 aromatic heterocycles. The SMILES string of the molecule is NC1CN(C(=O)Nc2ccc([N+](=O)[O-])cc2Cl)C1. The van der Waals surface area contributed by atoms with Crippen LogP contribution in [-0.4, -0.2) is 35.0 Å². The topological polar surface area (TPSA) is 102 Å². The molecular formula is C10H11ClN4O3. The molecule has 3 N–H and O–H groups in total. The van der Waals surface area contributed by atoms with Crippen LogP contribution in [0.15, 0.2) is 18.2 Å². The molecule has 7 nitrogen and oxygen atoms in total. The summed E-state index contributed by atoms with van der Waals surface area (Å²) in [5, 5.41) is 13.2. The quantitative estimate of drug-likeness (QED) is 0.627. The fourth-order valence-electron chi connectivity index (χ4n) is 1.59. The van der Waals surface area contributed by atoms with Crippen LogP contribution in [0, 0.1) is 10.1 Å². The Labute approximate surface area is 108 Å². The smallest absolute Gasteiger partial charge is 0.321 e. The number of nitrogens with zero attached hydrogens (tertiary/aromatic N) is 2. The van der Waals surface area contributed by atoms with Gasteiger partial charge in [0.1, 0.15) is 0 Å². The third kappa shape index (κ3) is 2.52. The van der Waals surface area contributed by atoms with Gasteiger partial charge in [0, 0.05) is 31.3 Å². The van der Waals surface area contributed by atoms with Crippen molar-refractivity contribution < 1.29 is 9.72 Å². The molecule has 0 saturated carbocycles. The first-order valence-electron chi connectivity index (χ1n) is 5.23. The lowest BCUT2D eigenvalue weighted by atomic mass is 10.1. The number of carbonyl (C=O) groups excluding carboxylic acids is 1. The first kappa shape index (κ1) is 12.6. The molecule has 0 radical (unpaired) electrons. The zero-order chi connectivity index (χ0) is 13.3. The van der Waals surface area contributed by atoms with Gasteiger partial charge >= 0.3 is 6.03 Å². The van der Waals surface area contributed by atoms with E-state index < -0.39 is 4.92 Å². The molecule has 8 heteroatoms.